The number of anilines is 1. The van der Waals surface area contributed by atoms with E-state index in [4.69, 9.17) is 14.0 Å². The van der Waals surface area contributed by atoms with Crippen molar-refractivity contribution >= 4 is 22.9 Å². The van der Waals surface area contributed by atoms with Gasteiger partial charge < -0.3 is 19.3 Å². The Morgan fingerprint density at radius 1 is 1.27 bits per heavy atom. The topological polar surface area (TPSA) is 89.7 Å². The molecule has 1 fully saturated rings. The summed E-state index contributed by atoms with van der Waals surface area (Å²) < 4.78 is 16.0. The van der Waals surface area contributed by atoms with Crippen molar-refractivity contribution in [2.45, 2.75) is 19.4 Å². The van der Waals surface area contributed by atoms with Crippen LogP contribution in [0.4, 0.5) is 5.69 Å². The zero-order valence-electron chi connectivity index (χ0n) is 17.0. The van der Waals surface area contributed by atoms with Crippen LogP contribution in [0.2, 0.25) is 0 Å². The van der Waals surface area contributed by atoms with Crippen LogP contribution in [0.5, 0.6) is 11.5 Å². The number of aromatic nitrogens is 2. The number of hydrogen-bond acceptors (Lipinski definition) is 8. The molecule has 9 heteroatoms. The van der Waals surface area contributed by atoms with Crippen LogP contribution in [0.1, 0.15) is 18.7 Å². The second kappa shape index (κ2) is 9.27. The van der Waals surface area contributed by atoms with Gasteiger partial charge in [-0.25, -0.2) is 0 Å². The van der Waals surface area contributed by atoms with E-state index >= 15 is 0 Å². The number of carbonyl (C=O) groups is 1. The van der Waals surface area contributed by atoms with Crippen LogP contribution in [0.25, 0.3) is 10.7 Å². The van der Waals surface area contributed by atoms with Gasteiger partial charge in [0, 0.05) is 12.0 Å². The summed E-state index contributed by atoms with van der Waals surface area (Å²) in [5.41, 5.74) is 0.622. The Balaban J connectivity index is 1.31. The standard InChI is InChI=1S/C21H24N4O4S/c1-27-15-5-6-17(28-2)16(12-15)22-21(26)14-7-9-25(10-8-14)13-19-23-20(24-29-19)18-4-3-11-30-18/h3-6,11-12,14H,7-10,13H2,1-2H3,(H,22,26). The van der Waals surface area contributed by atoms with Crippen molar-refractivity contribution in [1.82, 2.24) is 15.0 Å². The summed E-state index contributed by atoms with van der Waals surface area (Å²) >= 11 is 1.58. The van der Waals surface area contributed by atoms with E-state index in [0.717, 1.165) is 30.8 Å². The van der Waals surface area contributed by atoms with Crippen LogP contribution >= 0.6 is 11.3 Å². The van der Waals surface area contributed by atoms with Gasteiger partial charge in [-0.3, -0.25) is 9.69 Å². The highest BCUT2D eigenvalue weighted by Gasteiger charge is 2.26. The van der Waals surface area contributed by atoms with Crippen LogP contribution in [-0.4, -0.2) is 48.3 Å². The van der Waals surface area contributed by atoms with E-state index in [2.05, 4.69) is 20.4 Å². The smallest absolute Gasteiger partial charge is 0.241 e. The lowest BCUT2D eigenvalue weighted by Gasteiger charge is -2.30. The largest absolute Gasteiger partial charge is 0.497 e. The predicted octanol–water partition coefficient (Wildman–Crippen LogP) is 3.67. The normalized spacial score (nSPS) is 15.1. The van der Waals surface area contributed by atoms with Crippen molar-refractivity contribution in [3.05, 3.63) is 41.6 Å². The Bertz CT molecular complexity index is 981. The van der Waals surface area contributed by atoms with Crippen LogP contribution in [0.15, 0.2) is 40.2 Å². The van der Waals surface area contributed by atoms with E-state index < -0.39 is 0 Å². The van der Waals surface area contributed by atoms with Gasteiger partial charge in [0.1, 0.15) is 11.5 Å². The molecular formula is C21H24N4O4S. The first-order chi connectivity index (χ1) is 14.7. The highest BCUT2D eigenvalue weighted by molar-refractivity contribution is 7.13. The van der Waals surface area contributed by atoms with Gasteiger partial charge in [0.2, 0.25) is 17.6 Å². The van der Waals surface area contributed by atoms with Crippen LogP contribution in [0.3, 0.4) is 0 Å². The maximum absolute atomic E-state index is 12.8. The summed E-state index contributed by atoms with van der Waals surface area (Å²) in [6.07, 6.45) is 1.54. The molecule has 3 aromatic rings. The van der Waals surface area contributed by atoms with Gasteiger partial charge in [-0.2, -0.15) is 4.98 Å². The Kier molecular flexibility index (Phi) is 6.29. The van der Waals surface area contributed by atoms with Gasteiger partial charge in [0.25, 0.3) is 0 Å². The highest BCUT2D eigenvalue weighted by atomic mass is 32.1. The highest BCUT2D eigenvalue weighted by Crippen LogP contribution is 2.30. The van der Waals surface area contributed by atoms with Crippen molar-refractivity contribution in [2.75, 3.05) is 32.6 Å². The molecule has 1 amide bonds. The van der Waals surface area contributed by atoms with Crippen molar-refractivity contribution in [2.24, 2.45) is 5.92 Å². The summed E-state index contributed by atoms with van der Waals surface area (Å²) in [5.74, 6) is 2.45. The monoisotopic (exact) mass is 428 g/mol. The molecule has 2 aromatic heterocycles. The van der Waals surface area contributed by atoms with Crippen molar-refractivity contribution in [3.63, 3.8) is 0 Å². The van der Waals surface area contributed by atoms with Gasteiger partial charge in [0.05, 0.1) is 31.3 Å². The quantitative estimate of drug-likeness (QED) is 0.614. The maximum Gasteiger partial charge on any atom is 0.241 e. The Labute approximate surface area is 178 Å². The number of amides is 1. The average molecular weight is 429 g/mol. The number of likely N-dealkylation sites (tertiary alicyclic amines) is 1. The fourth-order valence-corrected chi connectivity index (χ4v) is 4.17. The number of ether oxygens (including phenoxy) is 2. The molecule has 0 aliphatic carbocycles. The van der Waals surface area contributed by atoms with Gasteiger partial charge in [-0.1, -0.05) is 11.2 Å². The van der Waals surface area contributed by atoms with Gasteiger partial charge in [-0.05, 0) is 49.5 Å². The lowest BCUT2D eigenvalue weighted by atomic mass is 9.96. The van der Waals surface area contributed by atoms with Crippen molar-refractivity contribution in [1.29, 1.82) is 0 Å². The molecule has 0 bridgehead atoms. The molecule has 0 unspecified atom stereocenters. The molecule has 1 saturated heterocycles. The lowest BCUT2D eigenvalue weighted by Crippen LogP contribution is -2.37. The number of piperidine rings is 1. The van der Waals surface area contributed by atoms with Crippen molar-refractivity contribution in [3.8, 4) is 22.2 Å². The van der Waals surface area contributed by atoms with E-state index in [1.807, 2.05) is 17.5 Å². The number of carbonyl (C=O) groups excluding carboxylic acids is 1. The molecular weight excluding hydrogens is 404 g/mol. The van der Waals surface area contributed by atoms with Crippen LogP contribution < -0.4 is 14.8 Å². The van der Waals surface area contributed by atoms with E-state index in [9.17, 15) is 4.79 Å². The minimum atomic E-state index is -0.0541. The number of hydrogen-bond donors (Lipinski definition) is 1. The average Bonchev–Trinajstić information content (AvgIpc) is 3.46. The Morgan fingerprint density at radius 3 is 2.80 bits per heavy atom. The lowest BCUT2D eigenvalue weighted by molar-refractivity contribution is -0.121. The van der Waals surface area contributed by atoms with Gasteiger partial charge in [0.15, 0.2) is 0 Å². The first kappa shape index (κ1) is 20.4. The molecule has 0 saturated carbocycles. The predicted molar refractivity (Wildman–Crippen MR) is 114 cm³/mol. The number of nitrogens with one attached hydrogen (secondary N) is 1. The molecule has 158 valence electrons. The first-order valence-electron chi connectivity index (χ1n) is 9.78. The van der Waals surface area contributed by atoms with E-state index in [1.165, 1.54) is 0 Å². The van der Waals surface area contributed by atoms with E-state index in [0.29, 0.717) is 35.4 Å². The van der Waals surface area contributed by atoms with Gasteiger partial charge >= 0.3 is 0 Å². The molecule has 1 aliphatic heterocycles. The summed E-state index contributed by atoms with van der Waals surface area (Å²) in [6.45, 7) is 2.19. The summed E-state index contributed by atoms with van der Waals surface area (Å²) in [7, 11) is 3.17. The molecule has 0 spiro atoms. The third-order valence-electron chi connectivity index (χ3n) is 5.19. The van der Waals surface area contributed by atoms with Gasteiger partial charge in [-0.15, -0.1) is 11.3 Å². The zero-order valence-corrected chi connectivity index (χ0v) is 17.8. The fourth-order valence-electron chi connectivity index (χ4n) is 3.52. The molecule has 30 heavy (non-hydrogen) atoms. The fraction of sp³-hybridized carbons (Fsp3) is 0.381. The minimum absolute atomic E-state index is 0.000949. The number of methoxy groups -OCH3 is 2. The molecule has 0 radical (unpaired) electrons. The summed E-state index contributed by atoms with van der Waals surface area (Å²) in [6, 6.07) is 9.29. The summed E-state index contributed by atoms with van der Waals surface area (Å²) in [5, 5.41) is 9.03. The summed E-state index contributed by atoms with van der Waals surface area (Å²) in [4.78, 5) is 20.5. The van der Waals surface area contributed by atoms with E-state index in [-0.39, 0.29) is 11.8 Å². The molecule has 1 aromatic carbocycles. The molecule has 0 atom stereocenters. The van der Waals surface area contributed by atoms with Crippen LogP contribution in [0, 0.1) is 5.92 Å². The number of benzene rings is 1. The molecule has 8 nitrogen and oxygen atoms in total. The third-order valence-corrected chi connectivity index (χ3v) is 6.06. The third kappa shape index (κ3) is 4.63. The number of nitrogens with zero attached hydrogens (tertiary/aromatic N) is 3. The maximum atomic E-state index is 12.8. The molecule has 3 heterocycles. The number of rotatable bonds is 7. The zero-order chi connectivity index (χ0) is 20.9. The SMILES string of the molecule is COc1ccc(OC)c(NC(=O)C2CCN(Cc3nc(-c4cccs4)no3)CC2)c1. The Morgan fingerprint density at radius 2 is 2.10 bits per heavy atom. The Hall–Kier alpha value is -2.91. The second-order valence-corrected chi connectivity index (χ2v) is 8.04. The second-order valence-electron chi connectivity index (χ2n) is 7.09. The molecule has 1 aliphatic rings. The number of thiophene rings is 1. The molecule has 1 N–H and O–H groups in total. The van der Waals surface area contributed by atoms with Crippen molar-refractivity contribution < 1.29 is 18.8 Å². The van der Waals surface area contributed by atoms with E-state index in [1.54, 1.807) is 43.8 Å². The first-order valence-corrected chi connectivity index (χ1v) is 10.7. The minimum Gasteiger partial charge on any atom is -0.497 e. The van der Waals surface area contributed by atoms with Crippen LogP contribution in [-0.2, 0) is 11.3 Å². The molecule has 4 rings (SSSR count).